The molecule has 1 fully saturated rings. The van der Waals surface area contributed by atoms with Gasteiger partial charge in [0.1, 0.15) is 6.61 Å². The molecule has 4 nitrogen and oxygen atoms in total. The van der Waals surface area contributed by atoms with Gasteiger partial charge in [-0.15, -0.1) is 0 Å². The Kier molecular flexibility index (Phi) is 3.96. The predicted octanol–water partition coefficient (Wildman–Crippen LogP) is 3.49. The van der Waals surface area contributed by atoms with Crippen molar-refractivity contribution in [1.82, 2.24) is 4.98 Å². The number of aromatic nitrogens is 1. The number of nitrogens with zero attached hydrogens (tertiary/aromatic N) is 3. The second kappa shape index (κ2) is 5.87. The molecule has 2 aliphatic heterocycles. The highest BCUT2D eigenvalue weighted by Gasteiger charge is 2.33. The Balaban J connectivity index is 1.92. The molecule has 0 saturated carbocycles. The highest BCUT2D eigenvalue weighted by atomic mass is 32.2. The smallest absolute Gasteiger partial charge is 0.175 e. The Morgan fingerprint density at radius 2 is 2.45 bits per heavy atom. The number of rotatable bonds is 3. The van der Waals surface area contributed by atoms with Crippen molar-refractivity contribution in [2.75, 3.05) is 18.1 Å². The van der Waals surface area contributed by atoms with Crippen LogP contribution in [0.1, 0.15) is 26.7 Å². The number of fused-ring (bicyclic) bond motifs is 3. The number of anilines is 1. The van der Waals surface area contributed by atoms with Gasteiger partial charge in [0.25, 0.3) is 0 Å². The molecule has 0 spiro atoms. The quantitative estimate of drug-likeness (QED) is 0.630. The van der Waals surface area contributed by atoms with E-state index in [9.17, 15) is 0 Å². The van der Waals surface area contributed by atoms with E-state index in [1.165, 1.54) is 12.8 Å². The molecule has 3 rings (SSSR count). The van der Waals surface area contributed by atoms with Gasteiger partial charge in [-0.1, -0.05) is 17.8 Å². The molecule has 0 unspecified atom stereocenters. The number of allylic oxidation sites excluding steroid dienone is 1. The lowest BCUT2D eigenvalue weighted by atomic mass is 10.2. The summed E-state index contributed by atoms with van der Waals surface area (Å²) in [7, 11) is 0. The summed E-state index contributed by atoms with van der Waals surface area (Å²) in [5.74, 6) is 1.92. The van der Waals surface area contributed by atoms with E-state index in [1.54, 1.807) is 11.8 Å². The topological polar surface area (TPSA) is 37.7 Å². The first-order valence-electron chi connectivity index (χ1n) is 7.04. The van der Waals surface area contributed by atoms with E-state index in [0.29, 0.717) is 6.04 Å². The van der Waals surface area contributed by atoms with Crippen LogP contribution >= 0.6 is 11.8 Å². The maximum atomic E-state index is 5.99. The zero-order valence-corrected chi connectivity index (χ0v) is 12.7. The normalized spacial score (nSPS) is 21.8. The van der Waals surface area contributed by atoms with Gasteiger partial charge in [-0.05, 0) is 32.8 Å². The van der Waals surface area contributed by atoms with Gasteiger partial charge in [0.15, 0.2) is 11.6 Å². The van der Waals surface area contributed by atoms with Crippen molar-refractivity contribution < 1.29 is 4.74 Å². The first kappa shape index (κ1) is 13.5. The van der Waals surface area contributed by atoms with E-state index in [-0.39, 0.29) is 0 Å². The maximum absolute atomic E-state index is 5.99. The fraction of sp³-hybridized carbons (Fsp3) is 0.467. The highest BCUT2D eigenvalue weighted by molar-refractivity contribution is 8.03. The van der Waals surface area contributed by atoms with Gasteiger partial charge < -0.3 is 9.64 Å². The van der Waals surface area contributed by atoms with Gasteiger partial charge >= 0.3 is 0 Å². The minimum absolute atomic E-state index is 0.505. The highest BCUT2D eigenvalue weighted by Crippen LogP contribution is 2.44. The molecule has 0 aliphatic carbocycles. The summed E-state index contributed by atoms with van der Waals surface area (Å²) in [5.41, 5.74) is 0. The standard InChI is InChI=1S/C15H19N3OS/c1-3-13(16-4-2)20-12-7-8-17-15-14(12)19-10-11-6-5-9-18(11)15/h3-4,7-8,11H,5-6,9-10H2,1-2H3/b13-3+,16-4-/t11-/m0/s1. The number of ether oxygens (including phenoxy) is 1. The zero-order valence-electron chi connectivity index (χ0n) is 11.9. The lowest BCUT2D eigenvalue weighted by Gasteiger charge is -2.33. The van der Waals surface area contributed by atoms with Gasteiger partial charge in [0, 0.05) is 19.0 Å². The Labute approximate surface area is 123 Å². The minimum Gasteiger partial charge on any atom is -0.486 e. The van der Waals surface area contributed by atoms with Crippen LogP contribution < -0.4 is 9.64 Å². The largest absolute Gasteiger partial charge is 0.486 e. The lowest BCUT2D eigenvalue weighted by Crippen LogP contribution is -2.38. The monoisotopic (exact) mass is 289 g/mol. The van der Waals surface area contributed by atoms with Crippen LogP contribution in [0.3, 0.4) is 0 Å². The molecule has 1 saturated heterocycles. The van der Waals surface area contributed by atoms with Crippen molar-refractivity contribution in [3.63, 3.8) is 0 Å². The number of thioether (sulfide) groups is 1. The van der Waals surface area contributed by atoms with Gasteiger partial charge in [-0.25, -0.2) is 4.98 Å². The molecule has 0 radical (unpaired) electrons. The minimum atomic E-state index is 0.505. The van der Waals surface area contributed by atoms with E-state index >= 15 is 0 Å². The molecular weight excluding hydrogens is 270 g/mol. The number of hydrogen-bond donors (Lipinski definition) is 0. The summed E-state index contributed by atoms with van der Waals surface area (Å²) >= 11 is 1.63. The van der Waals surface area contributed by atoms with Crippen LogP contribution in [0, 0.1) is 0 Å². The molecule has 0 bridgehead atoms. The van der Waals surface area contributed by atoms with E-state index in [2.05, 4.69) is 14.9 Å². The summed E-state index contributed by atoms with van der Waals surface area (Å²) in [5, 5.41) is 0.980. The maximum Gasteiger partial charge on any atom is 0.175 e. The SMILES string of the molecule is C/C=N\C(=C/C)Sc1ccnc2c1OC[C@@H]1CCCN21. The van der Waals surface area contributed by atoms with Crippen molar-refractivity contribution in [3.8, 4) is 5.75 Å². The van der Waals surface area contributed by atoms with Crippen LogP contribution in [-0.2, 0) is 0 Å². The first-order chi connectivity index (χ1) is 9.83. The second-order valence-electron chi connectivity index (χ2n) is 4.88. The Morgan fingerprint density at radius 1 is 1.55 bits per heavy atom. The van der Waals surface area contributed by atoms with Crippen LogP contribution in [0.2, 0.25) is 0 Å². The fourth-order valence-electron chi connectivity index (χ4n) is 2.71. The summed E-state index contributed by atoms with van der Waals surface area (Å²) in [6.07, 6.45) is 8.13. The predicted molar refractivity (Wildman–Crippen MR) is 83.9 cm³/mol. The fourth-order valence-corrected chi connectivity index (χ4v) is 3.58. The molecule has 0 N–H and O–H groups in total. The average Bonchev–Trinajstić information content (AvgIpc) is 2.95. The van der Waals surface area contributed by atoms with Gasteiger partial charge in [-0.2, -0.15) is 0 Å². The van der Waals surface area contributed by atoms with Gasteiger partial charge in [0.2, 0.25) is 0 Å². The van der Waals surface area contributed by atoms with Crippen LogP contribution in [0.4, 0.5) is 5.82 Å². The Bertz CT molecular complexity index is 556. The molecule has 20 heavy (non-hydrogen) atoms. The van der Waals surface area contributed by atoms with Crippen molar-refractivity contribution >= 4 is 23.8 Å². The first-order valence-corrected chi connectivity index (χ1v) is 7.86. The molecule has 1 aromatic heterocycles. The van der Waals surface area contributed by atoms with Gasteiger partial charge in [0.05, 0.1) is 16.0 Å². The molecule has 0 amide bonds. The van der Waals surface area contributed by atoms with E-state index in [4.69, 9.17) is 4.74 Å². The van der Waals surface area contributed by atoms with Crippen LogP contribution in [0.15, 0.2) is 33.3 Å². The number of aliphatic imine (C=N–C) groups is 1. The molecule has 1 aromatic rings. The molecular formula is C15H19N3OS. The number of pyridine rings is 1. The molecule has 106 valence electrons. The van der Waals surface area contributed by atoms with Crippen LogP contribution in [0.25, 0.3) is 0 Å². The Morgan fingerprint density at radius 3 is 3.25 bits per heavy atom. The molecule has 2 aliphatic rings. The third-order valence-electron chi connectivity index (χ3n) is 3.64. The molecule has 0 aromatic carbocycles. The lowest BCUT2D eigenvalue weighted by molar-refractivity contribution is 0.263. The van der Waals surface area contributed by atoms with Crippen molar-refractivity contribution in [2.45, 2.75) is 37.6 Å². The summed E-state index contributed by atoms with van der Waals surface area (Å²) in [4.78, 5) is 12.4. The van der Waals surface area contributed by atoms with Crippen molar-refractivity contribution in [1.29, 1.82) is 0 Å². The zero-order chi connectivity index (χ0) is 13.9. The van der Waals surface area contributed by atoms with Crippen LogP contribution in [0.5, 0.6) is 5.75 Å². The van der Waals surface area contributed by atoms with Crippen molar-refractivity contribution in [3.05, 3.63) is 23.4 Å². The third-order valence-corrected chi connectivity index (χ3v) is 4.73. The van der Waals surface area contributed by atoms with Crippen LogP contribution in [-0.4, -0.2) is 30.4 Å². The Hall–Kier alpha value is -1.49. The molecule has 5 heteroatoms. The van der Waals surface area contributed by atoms with E-state index < -0.39 is 0 Å². The molecule has 3 heterocycles. The van der Waals surface area contributed by atoms with Crippen molar-refractivity contribution in [2.24, 2.45) is 4.99 Å². The second-order valence-corrected chi connectivity index (χ2v) is 5.94. The third kappa shape index (κ3) is 2.42. The summed E-state index contributed by atoms with van der Waals surface area (Å²) < 4.78 is 5.99. The summed E-state index contributed by atoms with van der Waals surface area (Å²) in [6.45, 7) is 5.79. The van der Waals surface area contributed by atoms with Gasteiger partial charge in [-0.3, -0.25) is 4.99 Å². The summed E-state index contributed by atoms with van der Waals surface area (Å²) in [6, 6.07) is 2.51. The number of hydrogen-bond acceptors (Lipinski definition) is 5. The average molecular weight is 289 g/mol. The molecule has 1 atom stereocenters. The van der Waals surface area contributed by atoms with E-state index in [0.717, 1.165) is 34.6 Å². The van der Waals surface area contributed by atoms with E-state index in [1.807, 2.05) is 38.4 Å².